The first-order valence-electron chi connectivity index (χ1n) is 29.7. The Hall–Kier alpha value is -9.52. The van der Waals surface area contributed by atoms with Gasteiger partial charge < -0.3 is 19.6 Å². The van der Waals surface area contributed by atoms with E-state index in [0.717, 1.165) is 68.0 Å². The van der Waals surface area contributed by atoms with Crippen LogP contribution in [0.2, 0.25) is 0 Å². The Bertz CT molecular complexity index is 3690. The first-order chi connectivity index (χ1) is 41.2. The number of aryl methyl sites for hydroxylation is 6. The van der Waals surface area contributed by atoms with Crippen molar-refractivity contribution in [2.24, 2.45) is 0 Å². The lowest BCUT2D eigenvalue weighted by Gasteiger charge is -2.29. The van der Waals surface area contributed by atoms with Crippen LogP contribution in [-0.2, 0) is 10.8 Å². The molecule has 0 aliphatic heterocycles. The molecular formula is C80H78F2N4. The first kappa shape index (κ1) is 59.6. The third kappa shape index (κ3) is 13.8. The molecule has 0 heterocycles. The quantitative estimate of drug-likeness (QED) is 0.114. The van der Waals surface area contributed by atoms with Gasteiger partial charge >= 0.3 is 0 Å². The van der Waals surface area contributed by atoms with Crippen LogP contribution >= 0.6 is 0 Å². The predicted octanol–water partition coefficient (Wildman–Crippen LogP) is 23.6. The van der Waals surface area contributed by atoms with E-state index in [9.17, 15) is 0 Å². The molecule has 0 bridgehead atoms. The molecule has 11 aromatic rings. The first-order valence-corrected chi connectivity index (χ1v) is 29.7. The van der Waals surface area contributed by atoms with Crippen molar-refractivity contribution in [2.45, 2.75) is 93.9 Å². The Morgan fingerprint density at radius 1 is 0.221 bits per heavy atom. The molecule has 11 rings (SSSR count). The molecule has 0 aliphatic carbocycles. The lowest BCUT2D eigenvalue weighted by atomic mass is 9.87. The minimum Gasteiger partial charge on any atom is -0.310 e. The summed E-state index contributed by atoms with van der Waals surface area (Å²) >= 11 is 0. The van der Waals surface area contributed by atoms with Gasteiger partial charge in [0.1, 0.15) is 11.6 Å². The SMILES string of the molecule is Cc1ccc(N(c2ccc(C(C)(C)C)cc2)c2ccc(-c3ccc(N(c4ccc(C)cc4)c4ccc(C(C)(C)C)cc4)cc3F)c(F)c2)cc1.Cc1ccc(N(c2ccc(C)cc2)c2cccc(N(c3ccc(C)cc3)c3ccc(C)cc3)c2)cc1. The average molecular weight is 1130 g/mol. The van der Waals surface area contributed by atoms with E-state index in [1.165, 1.54) is 45.5 Å². The summed E-state index contributed by atoms with van der Waals surface area (Å²) in [6.45, 7) is 25.7. The van der Waals surface area contributed by atoms with E-state index >= 15 is 8.78 Å². The fraction of sp³-hybridized carbons (Fsp3) is 0.175. The van der Waals surface area contributed by atoms with Crippen molar-refractivity contribution < 1.29 is 8.78 Å². The summed E-state index contributed by atoms with van der Waals surface area (Å²) in [5, 5.41) is 0. The van der Waals surface area contributed by atoms with Crippen LogP contribution in [0, 0.1) is 53.2 Å². The summed E-state index contributed by atoms with van der Waals surface area (Å²) in [6.07, 6.45) is 0. The Kier molecular flexibility index (Phi) is 17.6. The number of rotatable bonds is 13. The van der Waals surface area contributed by atoms with Gasteiger partial charge in [0.05, 0.1) is 0 Å². The van der Waals surface area contributed by atoms with Crippen LogP contribution in [0.25, 0.3) is 11.1 Å². The van der Waals surface area contributed by atoms with Gasteiger partial charge in [0.2, 0.25) is 0 Å². The lowest BCUT2D eigenvalue weighted by Crippen LogP contribution is -2.13. The highest BCUT2D eigenvalue weighted by atomic mass is 19.1. The second kappa shape index (κ2) is 25.4. The highest BCUT2D eigenvalue weighted by molar-refractivity contribution is 5.85. The normalized spacial score (nSPS) is 11.4. The van der Waals surface area contributed by atoms with Crippen LogP contribution < -0.4 is 19.6 Å². The maximum Gasteiger partial charge on any atom is 0.133 e. The molecule has 0 fully saturated rings. The molecule has 0 unspecified atom stereocenters. The topological polar surface area (TPSA) is 13.0 Å². The number of hydrogen-bond donors (Lipinski definition) is 0. The molecule has 0 amide bonds. The Balaban J connectivity index is 0.000000201. The minimum atomic E-state index is -0.495. The van der Waals surface area contributed by atoms with E-state index in [1.807, 2.05) is 84.3 Å². The number of nitrogens with zero attached hydrogens (tertiary/aromatic N) is 4. The smallest absolute Gasteiger partial charge is 0.133 e. The maximum absolute atomic E-state index is 16.1. The van der Waals surface area contributed by atoms with E-state index in [2.05, 4.69) is 249 Å². The molecule has 11 aromatic carbocycles. The summed E-state index contributed by atoms with van der Waals surface area (Å²) in [6, 6.07) is 86.9. The summed E-state index contributed by atoms with van der Waals surface area (Å²) in [7, 11) is 0. The molecule has 0 spiro atoms. The van der Waals surface area contributed by atoms with Crippen LogP contribution in [0.3, 0.4) is 0 Å². The van der Waals surface area contributed by atoms with Crippen LogP contribution in [0.5, 0.6) is 0 Å². The second-order valence-electron chi connectivity index (χ2n) is 24.8. The largest absolute Gasteiger partial charge is 0.310 e. The molecule has 86 heavy (non-hydrogen) atoms. The summed E-state index contributed by atoms with van der Waals surface area (Å²) in [4.78, 5) is 8.71. The lowest BCUT2D eigenvalue weighted by molar-refractivity contribution is 0.590. The second-order valence-corrected chi connectivity index (χ2v) is 24.8. The van der Waals surface area contributed by atoms with Gasteiger partial charge in [0.25, 0.3) is 0 Å². The fourth-order valence-corrected chi connectivity index (χ4v) is 10.7. The van der Waals surface area contributed by atoms with Gasteiger partial charge in [-0.1, -0.05) is 178 Å². The Morgan fingerprint density at radius 3 is 0.605 bits per heavy atom. The average Bonchev–Trinajstić information content (AvgIpc) is 1.39. The van der Waals surface area contributed by atoms with Crippen molar-refractivity contribution >= 4 is 68.2 Å². The molecule has 0 aromatic heterocycles. The van der Waals surface area contributed by atoms with E-state index in [-0.39, 0.29) is 22.0 Å². The highest BCUT2D eigenvalue weighted by Crippen LogP contribution is 2.43. The minimum absolute atomic E-state index is 0.00858. The number of halogens is 2. The van der Waals surface area contributed by atoms with Gasteiger partial charge in [0, 0.05) is 79.4 Å². The van der Waals surface area contributed by atoms with E-state index in [1.54, 1.807) is 12.1 Å². The van der Waals surface area contributed by atoms with Crippen LogP contribution in [0.4, 0.5) is 77.0 Å². The monoisotopic (exact) mass is 1130 g/mol. The maximum atomic E-state index is 16.1. The molecule has 0 saturated carbocycles. The zero-order valence-corrected chi connectivity index (χ0v) is 51.8. The van der Waals surface area contributed by atoms with Crippen molar-refractivity contribution in [1.82, 2.24) is 0 Å². The molecule has 4 nitrogen and oxygen atoms in total. The highest BCUT2D eigenvalue weighted by Gasteiger charge is 2.23. The number of anilines is 12. The molecule has 0 saturated heterocycles. The zero-order chi connectivity index (χ0) is 60.9. The van der Waals surface area contributed by atoms with Gasteiger partial charge in [-0.3, -0.25) is 0 Å². The van der Waals surface area contributed by atoms with Gasteiger partial charge in [-0.25, -0.2) is 8.78 Å². The van der Waals surface area contributed by atoms with Crippen molar-refractivity contribution in [3.8, 4) is 11.1 Å². The summed E-state index contributed by atoms with van der Waals surface area (Å²) in [5.41, 5.74) is 21.9. The van der Waals surface area contributed by atoms with E-state index in [4.69, 9.17) is 0 Å². The van der Waals surface area contributed by atoms with Crippen molar-refractivity contribution in [2.75, 3.05) is 19.6 Å². The Morgan fingerprint density at radius 2 is 0.407 bits per heavy atom. The van der Waals surface area contributed by atoms with E-state index in [0.29, 0.717) is 11.4 Å². The van der Waals surface area contributed by atoms with Gasteiger partial charge in [0.15, 0.2) is 0 Å². The number of benzene rings is 11. The van der Waals surface area contributed by atoms with Crippen molar-refractivity contribution in [3.63, 3.8) is 0 Å². The van der Waals surface area contributed by atoms with E-state index < -0.39 is 11.6 Å². The fourth-order valence-electron chi connectivity index (χ4n) is 10.7. The van der Waals surface area contributed by atoms with Crippen molar-refractivity contribution in [3.05, 3.63) is 311 Å². The van der Waals surface area contributed by atoms with Gasteiger partial charge in [-0.15, -0.1) is 0 Å². The zero-order valence-electron chi connectivity index (χ0n) is 51.8. The molecule has 432 valence electrons. The van der Waals surface area contributed by atoms with Crippen molar-refractivity contribution in [1.29, 1.82) is 0 Å². The predicted molar refractivity (Wildman–Crippen MR) is 363 cm³/mol. The number of hydrogen-bond acceptors (Lipinski definition) is 4. The van der Waals surface area contributed by atoms with Crippen LogP contribution in [0.1, 0.15) is 86.1 Å². The molecule has 0 aliphatic rings. The molecule has 0 radical (unpaired) electrons. The third-order valence-corrected chi connectivity index (χ3v) is 15.8. The third-order valence-electron chi connectivity index (χ3n) is 15.8. The standard InChI is InChI=1S/C46H46F2N2.C34H32N2/c1-31-9-17-35(18-10-31)49(37-21-13-33(14-22-37)45(3,4)5)39-25-27-41(43(47)29-39)42-28-26-40(30-44(42)48)50(36-19-11-32(2)12-20-36)38-23-15-34(16-24-38)46(6,7)8;1-25-8-16-29(17-9-25)35(30-18-10-26(2)11-19-30)33-6-5-7-34(24-33)36(31-20-12-27(3)13-21-31)32-22-14-28(4)15-23-32/h9-30H,1-8H3;5-24H,1-4H3. The van der Waals surface area contributed by atoms with Crippen LogP contribution in [-0.4, -0.2) is 0 Å². The summed E-state index contributed by atoms with van der Waals surface area (Å²) < 4.78 is 32.3. The molecule has 0 atom stereocenters. The molecular weight excluding hydrogens is 1050 g/mol. The molecule has 0 N–H and O–H groups in total. The Labute approximate surface area is 509 Å². The molecule has 6 heteroatoms. The van der Waals surface area contributed by atoms with Gasteiger partial charge in [-0.2, -0.15) is 0 Å². The summed E-state index contributed by atoms with van der Waals surface area (Å²) in [5.74, 6) is -0.989. The van der Waals surface area contributed by atoms with Gasteiger partial charge in [-0.05, 0) is 215 Å². The van der Waals surface area contributed by atoms with Crippen LogP contribution in [0.15, 0.2) is 255 Å².